The van der Waals surface area contributed by atoms with Crippen LogP contribution in [0.1, 0.15) is 47.0 Å². The summed E-state index contributed by atoms with van der Waals surface area (Å²) in [4.78, 5) is 34.1. The molecule has 3 N–H and O–H groups in total. The highest BCUT2D eigenvalue weighted by molar-refractivity contribution is 5.87. The highest BCUT2D eigenvalue weighted by Crippen LogP contribution is 2.17. The molecule has 0 aromatic carbocycles. The maximum Gasteiger partial charge on any atom is 0.326 e. The van der Waals surface area contributed by atoms with E-state index in [-0.39, 0.29) is 18.3 Å². The largest absolute Gasteiger partial charge is 0.481 e. The minimum Gasteiger partial charge on any atom is -0.481 e. The molecule has 6 nitrogen and oxygen atoms in total. The summed E-state index contributed by atoms with van der Waals surface area (Å²) < 4.78 is 0. The van der Waals surface area contributed by atoms with Crippen LogP contribution >= 0.6 is 0 Å². The van der Waals surface area contributed by atoms with Gasteiger partial charge in [0.05, 0.1) is 6.42 Å². The van der Waals surface area contributed by atoms with Crippen LogP contribution in [0.4, 0.5) is 0 Å². The predicted octanol–water partition coefficient (Wildman–Crippen LogP) is 1.74. The fourth-order valence-corrected chi connectivity index (χ4v) is 2.02. The molecule has 1 unspecified atom stereocenters. The van der Waals surface area contributed by atoms with Crippen molar-refractivity contribution >= 4 is 17.8 Å². The molecule has 0 aromatic heterocycles. The van der Waals surface area contributed by atoms with Crippen molar-refractivity contribution in [3.05, 3.63) is 0 Å². The molecule has 1 amide bonds. The third kappa shape index (κ3) is 6.54. The van der Waals surface area contributed by atoms with Gasteiger partial charge in [-0.1, -0.05) is 34.1 Å². The van der Waals surface area contributed by atoms with Crippen LogP contribution in [0.3, 0.4) is 0 Å². The number of nitrogens with one attached hydrogen (secondary N) is 1. The topological polar surface area (TPSA) is 104 Å². The first-order valence-corrected chi connectivity index (χ1v) is 6.93. The van der Waals surface area contributed by atoms with Gasteiger partial charge >= 0.3 is 11.9 Å². The van der Waals surface area contributed by atoms with Crippen molar-refractivity contribution in [1.82, 2.24) is 5.32 Å². The molecule has 0 heterocycles. The van der Waals surface area contributed by atoms with Crippen LogP contribution in [0.2, 0.25) is 0 Å². The van der Waals surface area contributed by atoms with Crippen molar-refractivity contribution in [1.29, 1.82) is 0 Å². The highest BCUT2D eigenvalue weighted by Gasteiger charge is 2.30. The number of carbonyl (C=O) groups is 3. The van der Waals surface area contributed by atoms with Gasteiger partial charge in [-0.05, 0) is 18.3 Å². The number of hydrogen-bond donors (Lipinski definition) is 3. The van der Waals surface area contributed by atoms with Crippen LogP contribution in [0.5, 0.6) is 0 Å². The Hall–Kier alpha value is -1.59. The predicted molar refractivity (Wildman–Crippen MR) is 74.2 cm³/mol. The minimum absolute atomic E-state index is 0.164. The molecule has 0 radical (unpaired) electrons. The average molecular weight is 287 g/mol. The number of amides is 1. The van der Waals surface area contributed by atoms with E-state index in [0.717, 1.165) is 0 Å². The maximum atomic E-state index is 12.1. The average Bonchev–Trinajstić information content (AvgIpc) is 2.32. The zero-order valence-corrected chi connectivity index (χ0v) is 12.5. The van der Waals surface area contributed by atoms with E-state index < -0.39 is 29.8 Å². The smallest absolute Gasteiger partial charge is 0.326 e. The van der Waals surface area contributed by atoms with Crippen molar-refractivity contribution in [2.75, 3.05) is 0 Å². The number of carboxylic acids is 2. The lowest BCUT2D eigenvalue weighted by Gasteiger charge is -2.23. The quantitative estimate of drug-likeness (QED) is 0.599. The third-order valence-corrected chi connectivity index (χ3v) is 3.32. The molecule has 0 saturated carbocycles. The molecule has 0 aliphatic heterocycles. The number of rotatable bonds is 9. The molecule has 0 aliphatic rings. The molecular weight excluding hydrogens is 262 g/mol. The minimum atomic E-state index is -1.09. The molecule has 0 bridgehead atoms. The molecule has 6 heteroatoms. The lowest BCUT2D eigenvalue weighted by molar-refractivity contribution is -0.145. The molecule has 0 saturated heterocycles. The van der Waals surface area contributed by atoms with Gasteiger partial charge in [-0.2, -0.15) is 0 Å². The summed E-state index contributed by atoms with van der Waals surface area (Å²) >= 11 is 0. The van der Waals surface area contributed by atoms with E-state index in [9.17, 15) is 14.4 Å². The normalized spacial score (nSPS) is 15.4. The number of hydrogen-bond acceptors (Lipinski definition) is 3. The second-order valence-corrected chi connectivity index (χ2v) is 5.63. The van der Waals surface area contributed by atoms with Gasteiger partial charge in [-0.3, -0.25) is 9.59 Å². The van der Waals surface area contributed by atoms with Crippen molar-refractivity contribution in [2.24, 2.45) is 17.8 Å². The van der Waals surface area contributed by atoms with Gasteiger partial charge in [0, 0.05) is 5.92 Å². The first-order valence-electron chi connectivity index (χ1n) is 6.93. The fourth-order valence-electron chi connectivity index (χ4n) is 2.02. The first-order chi connectivity index (χ1) is 9.18. The second kappa shape index (κ2) is 8.55. The summed E-state index contributed by atoms with van der Waals surface area (Å²) in [5.41, 5.74) is 0. The van der Waals surface area contributed by atoms with Crippen LogP contribution < -0.4 is 5.32 Å². The van der Waals surface area contributed by atoms with E-state index in [2.05, 4.69) is 5.32 Å². The van der Waals surface area contributed by atoms with Gasteiger partial charge in [0.1, 0.15) is 6.04 Å². The molecular formula is C14H25NO5. The summed E-state index contributed by atoms with van der Waals surface area (Å²) in [5, 5.41) is 20.5. The van der Waals surface area contributed by atoms with Gasteiger partial charge in [-0.15, -0.1) is 0 Å². The van der Waals surface area contributed by atoms with Crippen molar-refractivity contribution in [3.8, 4) is 0 Å². The Morgan fingerprint density at radius 2 is 1.65 bits per heavy atom. The van der Waals surface area contributed by atoms with Gasteiger partial charge in [0.25, 0.3) is 0 Å². The fraction of sp³-hybridized carbons (Fsp3) is 0.786. The first kappa shape index (κ1) is 18.4. The Balaban J connectivity index is 4.86. The van der Waals surface area contributed by atoms with E-state index in [1.54, 1.807) is 6.92 Å². The summed E-state index contributed by atoms with van der Waals surface area (Å²) in [6, 6.07) is -0.976. The van der Waals surface area contributed by atoms with Gasteiger partial charge in [-0.25, -0.2) is 4.79 Å². The summed E-state index contributed by atoms with van der Waals surface area (Å²) in [6.07, 6.45) is 0.757. The molecule has 0 aliphatic carbocycles. The van der Waals surface area contributed by atoms with Gasteiger partial charge in [0.15, 0.2) is 0 Å². The zero-order valence-electron chi connectivity index (χ0n) is 12.5. The van der Waals surface area contributed by atoms with E-state index in [1.807, 2.05) is 20.8 Å². The van der Waals surface area contributed by atoms with Crippen LogP contribution in [0, 0.1) is 17.8 Å². The molecule has 20 heavy (non-hydrogen) atoms. The van der Waals surface area contributed by atoms with E-state index in [4.69, 9.17) is 10.2 Å². The van der Waals surface area contributed by atoms with E-state index in [0.29, 0.717) is 12.8 Å². The number of carbonyl (C=O) groups excluding carboxylic acids is 1. The third-order valence-electron chi connectivity index (χ3n) is 3.32. The van der Waals surface area contributed by atoms with Crippen molar-refractivity contribution < 1.29 is 24.6 Å². The van der Waals surface area contributed by atoms with Gasteiger partial charge in [0.2, 0.25) is 5.91 Å². The standard InChI is InChI=1S/C14H25NO5/c1-5-9(4)12(14(19)20)15-13(18)10(6-8(2)3)7-11(16)17/h8-10,12H,5-7H2,1-4H3,(H,15,18)(H,16,17)(H,19,20)/t9-,10?,12-/m0/s1. The molecule has 0 fully saturated rings. The van der Waals surface area contributed by atoms with E-state index in [1.165, 1.54) is 0 Å². The zero-order chi connectivity index (χ0) is 15.9. The monoisotopic (exact) mass is 287 g/mol. The number of carboxylic acid groups (broad SMARTS) is 2. The SMILES string of the molecule is CC[C@H](C)[C@H](NC(=O)C(CC(=O)O)CC(C)C)C(=O)O. The van der Waals surface area contributed by atoms with Crippen LogP contribution in [-0.4, -0.2) is 34.1 Å². The van der Waals surface area contributed by atoms with Crippen LogP contribution in [0.15, 0.2) is 0 Å². The van der Waals surface area contributed by atoms with Gasteiger partial charge < -0.3 is 15.5 Å². The Morgan fingerprint density at radius 1 is 1.10 bits per heavy atom. The van der Waals surface area contributed by atoms with Crippen molar-refractivity contribution in [2.45, 2.75) is 53.0 Å². The Kier molecular flexibility index (Phi) is 7.87. The highest BCUT2D eigenvalue weighted by atomic mass is 16.4. The molecule has 3 atom stereocenters. The molecule has 116 valence electrons. The number of aliphatic carboxylic acids is 2. The molecule has 0 aromatic rings. The van der Waals surface area contributed by atoms with Crippen LogP contribution in [-0.2, 0) is 14.4 Å². The van der Waals surface area contributed by atoms with E-state index >= 15 is 0 Å². The Bertz CT molecular complexity index is 353. The Morgan fingerprint density at radius 3 is 2.00 bits per heavy atom. The second-order valence-electron chi connectivity index (χ2n) is 5.63. The molecule has 0 spiro atoms. The Labute approximate surface area is 119 Å². The molecule has 0 rings (SSSR count). The lowest BCUT2D eigenvalue weighted by Crippen LogP contribution is -2.47. The maximum absolute atomic E-state index is 12.1. The summed E-state index contributed by atoms with van der Waals surface area (Å²) in [6.45, 7) is 7.38. The lowest BCUT2D eigenvalue weighted by atomic mass is 9.92. The summed E-state index contributed by atoms with van der Waals surface area (Å²) in [7, 11) is 0. The van der Waals surface area contributed by atoms with Crippen molar-refractivity contribution in [3.63, 3.8) is 0 Å². The summed E-state index contributed by atoms with van der Waals surface area (Å²) in [5.74, 6) is -3.38. The van der Waals surface area contributed by atoms with Crippen LogP contribution in [0.25, 0.3) is 0 Å².